The lowest BCUT2D eigenvalue weighted by Crippen LogP contribution is -2.49. The quantitative estimate of drug-likeness (QED) is 0.866. The molecule has 0 atom stereocenters. The van der Waals surface area contributed by atoms with Gasteiger partial charge < -0.3 is 10.6 Å². The van der Waals surface area contributed by atoms with Gasteiger partial charge in [0.15, 0.2) is 0 Å². The van der Waals surface area contributed by atoms with Crippen molar-refractivity contribution in [3.8, 4) is 0 Å². The van der Waals surface area contributed by atoms with Crippen LogP contribution in [-0.2, 0) is 0 Å². The van der Waals surface area contributed by atoms with Gasteiger partial charge in [-0.2, -0.15) is 0 Å². The molecular formula is C17H27N3O. The lowest BCUT2D eigenvalue weighted by molar-refractivity contribution is 0.0632. The summed E-state index contributed by atoms with van der Waals surface area (Å²) < 4.78 is 0. The molecule has 21 heavy (non-hydrogen) atoms. The number of aryl methyl sites for hydroxylation is 1. The van der Waals surface area contributed by atoms with Gasteiger partial charge in [-0.3, -0.25) is 9.69 Å². The Morgan fingerprint density at radius 1 is 1.24 bits per heavy atom. The van der Waals surface area contributed by atoms with E-state index in [1.807, 2.05) is 30.0 Å². The number of amides is 1. The van der Waals surface area contributed by atoms with Gasteiger partial charge in [0.2, 0.25) is 0 Å². The molecule has 1 aromatic rings. The molecule has 0 bridgehead atoms. The zero-order valence-corrected chi connectivity index (χ0v) is 13.4. The summed E-state index contributed by atoms with van der Waals surface area (Å²) in [5, 5.41) is 0. The zero-order chi connectivity index (χ0) is 15.4. The van der Waals surface area contributed by atoms with Gasteiger partial charge in [0.25, 0.3) is 5.91 Å². The van der Waals surface area contributed by atoms with Gasteiger partial charge in [-0.1, -0.05) is 13.8 Å². The summed E-state index contributed by atoms with van der Waals surface area (Å²) in [6, 6.07) is 5.54. The summed E-state index contributed by atoms with van der Waals surface area (Å²) in [6.07, 6.45) is 1.23. The molecule has 4 nitrogen and oxygen atoms in total. The molecule has 0 aromatic heterocycles. The van der Waals surface area contributed by atoms with Crippen LogP contribution in [0.1, 0.15) is 36.2 Å². The van der Waals surface area contributed by atoms with E-state index >= 15 is 0 Å². The number of carbonyl (C=O) groups is 1. The van der Waals surface area contributed by atoms with Crippen LogP contribution in [0.25, 0.3) is 0 Å². The van der Waals surface area contributed by atoms with Crippen LogP contribution < -0.4 is 5.73 Å². The van der Waals surface area contributed by atoms with Crippen molar-refractivity contribution in [2.45, 2.75) is 27.2 Å². The Labute approximate surface area is 127 Å². The molecule has 1 heterocycles. The van der Waals surface area contributed by atoms with Crippen molar-refractivity contribution in [2.24, 2.45) is 5.92 Å². The third kappa shape index (κ3) is 4.21. The first-order valence-electron chi connectivity index (χ1n) is 7.85. The topological polar surface area (TPSA) is 49.6 Å². The maximum absolute atomic E-state index is 12.5. The van der Waals surface area contributed by atoms with E-state index in [1.165, 1.54) is 6.42 Å². The highest BCUT2D eigenvalue weighted by Crippen LogP contribution is 2.15. The smallest absolute Gasteiger partial charge is 0.253 e. The molecule has 2 N–H and O–H groups in total. The number of nitrogens with zero attached hydrogens (tertiary/aromatic N) is 2. The highest BCUT2D eigenvalue weighted by atomic mass is 16.2. The molecule has 1 saturated heterocycles. The van der Waals surface area contributed by atoms with E-state index in [9.17, 15) is 4.79 Å². The fraction of sp³-hybridized carbons (Fsp3) is 0.588. The second kappa shape index (κ2) is 6.94. The first-order chi connectivity index (χ1) is 9.97. The Bertz CT molecular complexity index is 491. The molecule has 0 unspecified atom stereocenters. The van der Waals surface area contributed by atoms with Crippen LogP contribution in [0.15, 0.2) is 18.2 Å². The largest absolute Gasteiger partial charge is 0.399 e. The fourth-order valence-electron chi connectivity index (χ4n) is 2.61. The molecule has 0 saturated carbocycles. The molecule has 0 radical (unpaired) electrons. The van der Waals surface area contributed by atoms with Gasteiger partial charge in [-0.15, -0.1) is 0 Å². The number of piperazine rings is 1. The first-order valence-corrected chi connectivity index (χ1v) is 7.85. The number of anilines is 1. The summed E-state index contributed by atoms with van der Waals surface area (Å²) in [4.78, 5) is 16.9. The monoisotopic (exact) mass is 289 g/mol. The van der Waals surface area contributed by atoms with Crippen molar-refractivity contribution in [2.75, 3.05) is 38.5 Å². The predicted molar refractivity (Wildman–Crippen MR) is 87.4 cm³/mol. The van der Waals surface area contributed by atoms with Crippen molar-refractivity contribution in [1.29, 1.82) is 0 Å². The highest BCUT2D eigenvalue weighted by molar-refractivity contribution is 5.95. The summed E-state index contributed by atoms with van der Waals surface area (Å²) >= 11 is 0. The molecule has 4 heteroatoms. The number of nitrogens with two attached hydrogens (primary N) is 1. The van der Waals surface area contributed by atoms with Gasteiger partial charge in [-0.05, 0) is 49.6 Å². The molecule has 116 valence electrons. The normalized spacial score (nSPS) is 16.5. The van der Waals surface area contributed by atoms with E-state index in [0.717, 1.165) is 55.5 Å². The van der Waals surface area contributed by atoms with Gasteiger partial charge in [0, 0.05) is 37.4 Å². The number of hydrogen-bond donors (Lipinski definition) is 1. The Kier molecular flexibility index (Phi) is 5.23. The SMILES string of the molecule is Cc1cc(C(=O)N2CCN(CCC(C)C)CC2)ccc1N. The number of hydrogen-bond acceptors (Lipinski definition) is 3. The van der Waals surface area contributed by atoms with E-state index in [4.69, 9.17) is 5.73 Å². The van der Waals surface area contributed by atoms with E-state index in [1.54, 1.807) is 0 Å². The lowest BCUT2D eigenvalue weighted by atomic mass is 10.1. The maximum atomic E-state index is 12.5. The predicted octanol–water partition coefficient (Wildman–Crippen LogP) is 2.38. The van der Waals surface area contributed by atoms with Crippen LogP contribution in [-0.4, -0.2) is 48.4 Å². The molecule has 1 fully saturated rings. The molecule has 0 aliphatic carbocycles. The molecule has 1 amide bonds. The summed E-state index contributed by atoms with van der Waals surface area (Å²) in [5.41, 5.74) is 8.27. The van der Waals surface area contributed by atoms with E-state index in [0.29, 0.717) is 0 Å². The third-order valence-electron chi connectivity index (χ3n) is 4.20. The van der Waals surface area contributed by atoms with Crippen LogP contribution in [0.5, 0.6) is 0 Å². The molecule has 1 aliphatic rings. The Morgan fingerprint density at radius 2 is 1.90 bits per heavy atom. The van der Waals surface area contributed by atoms with Crippen LogP contribution in [0.2, 0.25) is 0 Å². The van der Waals surface area contributed by atoms with Gasteiger partial charge >= 0.3 is 0 Å². The standard InChI is InChI=1S/C17H27N3O/c1-13(2)6-7-19-8-10-20(11-9-19)17(21)15-4-5-16(18)14(3)12-15/h4-5,12-13H,6-11,18H2,1-3H3. The minimum Gasteiger partial charge on any atom is -0.399 e. The minimum atomic E-state index is 0.126. The first kappa shape index (κ1) is 15.8. The molecule has 0 spiro atoms. The summed E-state index contributed by atoms with van der Waals surface area (Å²) in [6.45, 7) is 11.2. The number of benzene rings is 1. The maximum Gasteiger partial charge on any atom is 0.253 e. The van der Waals surface area contributed by atoms with Crippen molar-refractivity contribution >= 4 is 11.6 Å². The van der Waals surface area contributed by atoms with E-state index in [2.05, 4.69) is 18.7 Å². The second-order valence-corrected chi connectivity index (χ2v) is 6.39. The van der Waals surface area contributed by atoms with Crippen molar-refractivity contribution < 1.29 is 4.79 Å². The average molecular weight is 289 g/mol. The minimum absolute atomic E-state index is 0.126. The van der Waals surface area contributed by atoms with Crippen molar-refractivity contribution in [1.82, 2.24) is 9.80 Å². The molecule has 2 rings (SSSR count). The van der Waals surface area contributed by atoms with E-state index < -0.39 is 0 Å². The highest BCUT2D eigenvalue weighted by Gasteiger charge is 2.22. The Balaban J connectivity index is 1.89. The van der Waals surface area contributed by atoms with Gasteiger partial charge in [0.1, 0.15) is 0 Å². The van der Waals surface area contributed by atoms with Crippen LogP contribution in [0.4, 0.5) is 5.69 Å². The molecular weight excluding hydrogens is 262 g/mol. The summed E-state index contributed by atoms with van der Waals surface area (Å²) in [7, 11) is 0. The zero-order valence-electron chi connectivity index (χ0n) is 13.4. The third-order valence-corrected chi connectivity index (χ3v) is 4.20. The number of rotatable bonds is 4. The van der Waals surface area contributed by atoms with Gasteiger partial charge in [-0.25, -0.2) is 0 Å². The fourth-order valence-corrected chi connectivity index (χ4v) is 2.61. The number of carbonyl (C=O) groups excluding carboxylic acids is 1. The van der Waals surface area contributed by atoms with Crippen LogP contribution in [0.3, 0.4) is 0 Å². The second-order valence-electron chi connectivity index (χ2n) is 6.39. The Morgan fingerprint density at radius 3 is 2.48 bits per heavy atom. The van der Waals surface area contributed by atoms with Crippen molar-refractivity contribution in [3.63, 3.8) is 0 Å². The molecule has 1 aromatic carbocycles. The van der Waals surface area contributed by atoms with E-state index in [-0.39, 0.29) is 5.91 Å². The van der Waals surface area contributed by atoms with Gasteiger partial charge in [0.05, 0.1) is 0 Å². The molecule has 1 aliphatic heterocycles. The number of nitrogen functional groups attached to an aromatic ring is 1. The van der Waals surface area contributed by atoms with Crippen LogP contribution in [0, 0.1) is 12.8 Å². The summed E-state index contributed by atoms with van der Waals surface area (Å²) in [5.74, 6) is 0.865. The van der Waals surface area contributed by atoms with Crippen LogP contribution >= 0.6 is 0 Å². The Hall–Kier alpha value is -1.55. The van der Waals surface area contributed by atoms with Crippen molar-refractivity contribution in [3.05, 3.63) is 29.3 Å². The average Bonchev–Trinajstić information content (AvgIpc) is 2.48. The lowest BCUT2D eigenvalue weighted by Gasteiger charge is -2.35.